The van der Waals surface area contributed by atoms with Crippen molar-refractivity contribution in [2.75, 3.05) is 20.1 Å². The second-order valence-electron chi connectivity index (χ2n) is 6.10. The van der Waals surface area contributed by atoms with Crippen molar-refractivity contribution in [3.05, 3.63) is 65.7 Å². The Morgan fingerprint density at radius 1 is 1.08 bits per heavy atom. The van der Waals surface area contributed by atoms with Crippen LogP contribution in [-0.4, -0.2) is 35.6 Å². The van der Waals surface area contributed by atoms with Gasteiger partial charge in [0, 0.05) is 26.7 Å². The Hall–Kier alpha value is -2.89. The maximum absolute atomic E-state index is 12.9. The highest BCUT2D eigenvalue weighted by Gasteiger charge is 2.06. The fourth-order valence-electron chi connectivity index (χ4n) is 2.96. The summed E-state index contributed by atoms with van der Waals surface area (Å²) in [5.74, 6) is 1.56. The Morgan fingerprint density at radius 2 is 1.81 bits per heavy atom. The molecule has 2 aromatic carbocycles. The lowest BCUT2D eigenvalue weighted by molar-refractivity contribution is 0.626. The van der Waals surface area contributed by atoms with Gasteiger partial charge < -0.3 is 15.2 Å². The largest absolute Gasteiger partial charge is 0.356 e. The monoisotopic (exact) mass is 353 g/mol. The molecule has 1 aromatic heterocycles. The summed E-state index contributed by atoms with van der Waals surface area (Å²) in [5, 5.41) is 6.61. The summed E-state index contributed by atoms with van der Waals surface area (Å²) in [6, 6.07) is 14.7. The van der Waals surface area contributed by atoms with Crippen LogP contribution in [0.15, 0.2) is 53.5 Å². The molecule has 0 atom stereocenters. The SMILES string of the molecule is CN=C(NCCc1ccc(F)cc1)NCCn1c(C)nc2ccccc21. The van der Waals surface area contributed by atoms with Crippen LogP contribution in [0.3, 0.4) is 0 Å². The Bertz CT molecular complexity index is 883. The molecule has 2 N–H and O–H groups in total. The lowest BCUT2D eigenvalue weighted by atomic mass is 10.1. The van der Waals surface area contributed by atoms with E-state index in [0.717, 1.165) is 54.4 Å². The Kier molecular flexibility index (Phi) is 5.84. The van der Waals surface area contributed by atoms with Gasteiger partial charge >= 0.3 is 0 Å². The lowest BCUT2D eigenvalue weighted by Crippen LogP contribution is -2.39. The summed E-state index contributed by atoms with van der Waals surface area (Å²) in [6.45, 7) is 4.32. The van der Waals surface area contributed by atoms with Gasteiger partial charge in [0.25, 0.3) is 0 Å². The molecule has 0 amide bonds. The van der Waals surface area contributed by atoms with Gasteiger partial charge in [-0.1, -0.05) is 24.3 Å². The Labute approximate surface area is 153 Å². The first-order valence-corrected chi connectivity index (χ1v) is 8.78. The zero-order chi connectivity index (χ0) is 18.4. The smallest absolute Gasteiger partial charge is 0.191 e. The molecule has 6 heteroatoms. The van der Waals surface area contributed by atoms with Crippen molar-refractivity contribution in [3.8, 4) is 0 Å². The number of benzene rings is 2. The quantitative estimate of drug-likeness (QED) is 0.529. The van der Waals surface area contributed by atoms with Crippen molar-refractivity contribution in [1.82, 2.24) is 20.2 Å². The molecule has 26 heavy (non-hydrogen) atoms. The third-order valence-corrected chi connectivity index (χ3v) is 4.32. The molecule has 5 nitrogen and oxygen atoms in total. The number of aromatic nitrogens is 2. The van der Waals surface area contributed by atoms with Crippen LogP contribution < -0.4 is 10.6 Å². The second-order valence-corrected chi connectivity index (χ2v) is 6.10. The Balaban J connectivity index is 1.48. The van der Waals surface area contributed by atoms with Gasteiger partial charge in [0.1, 0.15) is 11.6 Å². The first kappa shape index (κ1) is 17.9. The van der Waals surface area contributed by atoms with E-state index < -0.39 is 0 Å². The number of nitrogens with zero attached hydrogens (tertiary/aromatic N) is 3. The van der Waals surface area contributed by atoms with E-state index in [0.29, 0.717) is 0 Å². The minimum absolute atomic E-state index is 0.207. The number of rotatable bonds is 6. The standard InChI is InChI=1S/C20H24FN5/c1-15-25-18-5-3-4-6-19(18)26(15)14-13-24-20(22-2)23-12-11-16-7-9-17(21)10-8-16/h3-10H,11-14H2,1-2H3,(H2,22,23,24). The molecule has 0 saturated heterocycles. The fraction of sp³-hybridized carbons (Fsp3) is 0.300. The predicted molar refractivity (Wildman–Crippen MR) is 104 cm³/mol. The van der Waals surface area contributed by atoms with Crippen molar-refractivity contribution in [2.24, 2.45) is 4.99 Å². The van der Waals surface area contributed by atoms with E-state index in [9.17, 15) is 4.39 Å². The van der Waals surface area contributed by atoms with Crippen molar-refractivity contribution in [3.63, 3.8) is 0 Å². The normalized spacial score (nSPS) is 11.7. The maximum atomic E-state index is 12.9. The number of hydrogen-bond acceptors (Lipinski definition) is 2. The molecule has 0 unspecified atom stereocenters. The average molecular weight is 353 g/mol. The minimum atomic E-state index is -0.207. The summed E-state index contributed by atoms with van der Waals surface area (Å²) in [4.78, 5) is 8.83. The van der Waals surface area contributed by atoms with E-state index in [4.69, 9.17) is 0 Å². The van der Waals surface area contributed by atoms with Crippen LogP contribution in [0.2, 0.25) is 0 Å². The van der Waals surface area contributed by atoms with Gasteiger partial charge in [0.15, 0.2) is 5.96 Å². The number of aliphatic imine (C=N–C) groups is 1. The van der Waals surface area contributed by atoms with Gasteiger partial charge in [-0.15, -0.1) is 0 Å². The molecule has 0 aliphatic carbocycles. The maximum Gasteiger partial charge on any atom is 0.191 e. The number of guanidine groups is 1. The number of fused-ring (bicyclic) bond motifs is 1. The molecule has 136 valence electrons. The second kappa shape index (κ2) is 8.47. The first-order valence-electron chi connectivity index (χ1n) is 8.78. The van der Waals surface area contributed by atoms with Gasteiger partial charge in [-0.05, 0) is 43.2 Å². The zero-order valence-electron chi connectivity index (χ0n) is 15.2. The minimum Gasteiger partial charge on any atom is -0.356 e. The van der Waals surface area contributed by atoms with Gasteiger partial charge in [-0.2, -0.15) is 0 Å². The van der Waals surface area contributed by atoms with Crippen LogP contribution in [0.1, 0.15) is 11.4 Å². The number of halogens is 1. The molecule has 0 bridgehead atoms. The third-order valence-electron chi connectivity index (χ3n) is 4.32. The molecule has 3 aromatic rings. The van der Waals surface area contributed by atoms with Gasteiger partial charge in [0.05, 0.1) is 11.0 Å². The van der Waals surface area contributed by atoms with Crippen molar-refractivity contribution in [2.45, 2.75) is 19.9 Å². The molecular formula is C20H24FN5. The highest BCUT2D eigenvalue weighted by atomic mass is 19.1. The summed E-state index contributed by atoms with van der Waals surface area (Å²) in [7, 11) is 1.76. The first-order chi connectivity index (χ1) is 12.7. The van der Waals surface area contributed by atoms with E-state index in [-0.39, 0.29) is 5.82 Å². The summed E-state index contributed by atoms with van der Waals surface area (Å²) in [5.41, 5.74) is 3.26. The van der Waals surface area contributed by atoms with E-state index in [1.54, 1.807) is 19.2 Å². The van der Waals surface area contributed by atoms with E-state index >= 15 is 0 Å². The van der Waals surface area contributed by atoms with Gasteiger partial charge in [-0.3, -0.25) is 4.99 Å². The van der Waals surface area contributed by atoms with E-state index in [1.807, 2.05) is 25.1 Å². The number of nitrogens with one attached hydrogen (secondary N) is 2. The third kappa shape index (κ3) is 4.39. The molecule has 0 spiro atoms. The topological polar surface area (TPSA) is 54.2 Å². The molecular weight excluding hydrogens is 329 g/mol. The van der Waals surface area contributed by atoms with Crippen LogP contribution in [0.4, 0.5) is 4.39 Å². The van der Waals surface area contributed by atoms with E-state index in [2.05, 4.69) is 31.2 Å². The van der Waals surface area contributed by atoms with Crippen molar-refractivity contribution in [1.29, 1.82) is 0 Å². The van der Waals surface area contributed by atoms with E-state index in [1.165, 1.54) is 12.1 Å². The summed E-state index contributed by atoms with van der Waals surface area (Å²) in [6.07, 6.45) is 0.812. The summed E-state index contributed by atoms with van der Waals surface area (Å²) >= 11 is 0. The molecule has 1 heterocycles. The van der Waals surface area contributed by atoms with Crippen LogP contribution in [0, 0.1) is 12.7 Å². The van der Waals surface area contributed by atoms with Crippen molar-refractivity contribution >= 4 is 17.0 Å². The molecule has 0 aliphatic rings. The fourth-order valence-corrected chi connectivity index (χ4v) is 2.96. The molecule has 0 radical (unpaired) electrons. The average Bonchev–Trinajstić information content (AvgIpc) is 2.97. The number of para-hydroxylation sites is 2. The van der Waals surface area contributed by atoms with Crippen LogP contribution >= 0.6 is 0 Å². The van der Waals surface area contributed by atoms with Gasteiger partial charge in [0.2, 0.25) is 0 Å². The van der Waals surface area contributed by atoms with Crippen LogP contribution in [0.25, 0.3) is 11.0 Å². The highest BCUT2D eigenvalue weighted by molar-refractivity contribution is 5.79. The predicted octanol–water partition coefficient (Wildman–Crippen LogP) is 2.89. The zero-order valence-corrected chi connectivity index (χ0v) is 15.2. The lowest BCUT2D eigenvalue weighted by Gasteiger charge is -2.13. The summed E-state index contributed by atoms with van der Waals surface area (Å²) < 4.78 is 15.1. The molecule has 3 rings (SSSR count). The van der Waals surface area contributed by atoms with Crippen LogP contribution in [0.5, 0.6) is 0 Å². The molecule has 0 aliphatic heterocycles. The number of imidazole rings is 1. The van der Waals surface area contributed by atoms with Gasteiger partial charge in [-0.25, -0.2) is 9.37 Å². The molecule has 0 saturated carbocycles. The number of aryl methyl sites for hydroxylation is 1. The Morgan fingerprint density at radius 3 is 2.58 bits per heavy atom. The molecule has 0 fully saturated rings. The number of hydrogen-bond donors (Lipinski definition) is 2. The highest BCUT2D eigenvalue weighted by Crippen LogP contribution is 2.14. The van der Waals surface area contributed by atoms with Crippen molar-refractivity contribution < 1.29 is 4.39 Å². The van der Waals surface area contributed by atoms with Crippen LogP contribution in [-0.2, 0) is 13.0 Å².